The van der Waals surface area contributed by atoms with Gasteiger partial charge in [-0.05, 0) is 17.7 Å². The van der Waals surface area contributed by atoms with Crippen LogP contribution in [0.3, 0.4) is 0 Å². The molecule has 0 aromatic heterocycles. The molecule has 0 unspecified atom stereocenters. The SMILES string of the molecule is CNOC/C=C/c1ccc(F)cc1. The molecule has 0 radical (unpaired) electrons. The van der Waals surface area contributed by atoms with E-state index in [0.717, 1.165) is 5.56 Å². The second kappa shape index (κ2) is 5.45. The van der Waals surface area contributed by atoms with Crippen LogP contribution in [0.1, 0.15) is 5.56 Å². The summed E-state index contributed by atoms with van der Waals surface area (Å²) in [7, 11) is 1.70. The zero-order chi connectivity index (χ0) is 9.52. The molecule has 0 bridgehead atoms. The maximum atomic E-state index is 12.5. The van der Waals surface area contributed by atoms with Crippen molar-refractivity contribution < 1.29 is 9.23 Å². The molecule has 13 heavy (non-hydrogen) atoms. The van der Waals surface area contributed by atoms with Crippen LogP contribution in [-0.2, 0) is 4.84 Å². The maximum Gasteiger partial charge on any atom is 0.123 e. The summed E-state index contributed by atoms with van der Waals surface area (Å²) in [5.74, 6) is -0.219. The van der Waals surface area contributed by atoms with Gasteiger partial charge in [0.25, 0.3) is 0 Å². The van der Waals surface area contributed by atoms with Crippen LogP contribution >= 0.6 is 0 Å². The maximum absolute atomic E-state index is 12.5. The number of hydroxylamine groups is 1. The first kappa shape index (κ1) is 9.89. The van der Waals surface area contributed by atoms with Crippen LogP contribution in [0.25, 0.3) is 6.08 Å². The molecule has 0 saturated carbocycles. The summed E-state index contributed by atoms with van der Waals surface area (Å²) < 4.78 is 12.5. The Labute approximate surface area is 77.0 Å². The molecule has 0 aliphatic heterocycles. The van der Waals surface area contributed by atoms with Crippen molar-refractivity contribution in [2.75, 3.05) is 13.7 Å². The predicted molar refractivity (Wildman–Crippen MR) is 50.4 cm³/mol. The summed E-state index contributed by atoms with van der Waals surface area (Å²) in [6.07, 6.45) is 3.72. The molecular weight excluding hydrogens is 169 g/mol. The Morgan fingerprint density at radius 2 is 2.08 bits per heavy atom. The monoisotopic (exact) mass is 181 g/mol. The van der Waals surface area contributed by atoms with Crippen LogP contribution in [0.4, 0.5) is 4.39 Å². The van der Waals surface area contributed by atoms with Gasteiger partial charge in [0, 0.05) is 7.05 Å². The van der Waals surface area contributed by atoms with Crippen molar-refractivity contribution >= 4 is 6.08 Å². The molecule has 0 aliphatic carbocycles. The molecule has 0 aliphatic rings. The van der Waals surface area contributed by atoms with Crippen molar-refractivity contribution in [1.29, 1.82) is 0 Å². The molecule has 1 N–H and O–H groups in total. The van der Waals surface area contributed by atoms with Crippen molar-refractivity contribution in [1.82, 2.24) is 5.48 Å². The van der Waals surface area contributed by atoms with E-state index in [1.807, 2.05) is 12.2 Å². The first-order valence-corrected chi connectivity index (χ1v) is 4.03. The third-order valence-corrected chi connectivity index (χ3v) is 1.50. The Balaban J connectivity index is 2.44. The normalized spacial score (nSPS) is 10.9. The Morgan fingerprint density at radius 1 is 1.38 bits per heavy atom. The average Bonchev–Trinajstić information content (AvgIpc) is 2.15. The second-order valence-electron chi connectivity index (χ2n) is 2.47. The minimum atomic E-state index is -0.219. The fourth-order valence-corrected chi connectivity index (χ4v) is 0.890. The Hall–Kier alpha value is -1.19. The predicted octanol–water partition coefficient (Wildman–Crippen LogP) is 1.99. The van der Waals surface area contributed by atoms with Crippen molar-refractivity contribution in [2.45, 2.75) is 0 Å². The van der Waals surface area contributed by atoms with Gasteiger partial charge < -0.3 is 0 Å². The summed E-state index contributed by atoms with van der Waals surface area (Å²) in [6, 6.07) is 6.29. The van der Waals surface area contributed by atoms with E-state index in [0.29, 0.717) is 6.61 Å². The first-order chi connectivity index (χ1) is 6.33. The minimum Gasteiger partial charge on any atom is -0.298 e. The van der Waals surface area contributed by atoms with Crippen molar-refractivity contribution in [3.8, 4) is 0 Å². The fourth-order valence-electron chi connectivity index (χ4n) is 0.890. The minimum absolute atomic E-state index is 0.219. The molecule has 0 amide bonds. The number of hydrogen-bond donors (Lipinski definition) is 1. The zero-order valence-corrected chi connectivity index (χ0v) is 7.46. The van der Waals surface area contributed by atoms with Gasteiger partial charge >= 0.3 is 0 Å². The number of benzene rings is 1. The van der Waals surface area contributed by atoms with Crippen LogP contribution in [0.2, 0.25) is 0 Å². The van der Waals surface area contributed by atoms with Gasteiger partial charge in [-0.1, -0.05) is 24.3 Å². The summed E-state index contributed by atoms with van der Waals surface area (Å²) >= 11 is 0. The molecule has 1 rings (SSSR count). The van der Waals surface area contributed by atoms with E-state index >= 15 is 0 Å². The first-order valence-electron chi connectivity index (χ1n) is 4.03. The third kappa shape index (κ3) is 3.83. The number of hydrogen-bond acceptors (Lipinski definition) is 2. The van der Waals surface area contributed by atoms with Gasteiger partial charge in [0.15, 0.2) is 0 Å². The van der Waals surface area contributed by atoms with Gasteiger partial charge in [0.2, 0.25) is 0 Å². The lowest BCUT2D eigenvalue weighted by atomic mass is 10.2. The summed E-state index contributed by atoms with van der Waals surface area (Å²) in [5.41, 5.74) is 3.51. The van der Waals surface area contributed by atoms with Crippen LogP contribution in [0.15, 0.2) is 30.3 Å². The van der Waals surface area contributed by atoms with E-state index in [1.165, 1.54) is 12.1 Å². The molecule has 2 nitrogen and oxygen atoms in total. The van der Waals surface area contributed by atoms with Crippen molar-refractivity contribution in [2.24, 2.45) is 0 Å². The smallest absolute Gasteiger partial charge is 0.123 e. The van der Waals surface area contributed by atoms with Crippen LogP contribution in [0, 0.1) is 5.82 Å². The molecule has 0 saturated heterocycles. The molecule has 0 atom stereocenters. The number of nitrogens with one attached hydrogen (secondary N) is 1. The summed E-state index contributed by atoms with van der Waals surface area (Å²) in [4.78, 5) is 4.87. The second-order valence-corrected chi connectivity index (χ2v) is 2.47. The lowest BCUT2D eigenvalue weighted by molar-refractivity contribution is 0.0814. The standard InChI is InChI=1S/C10H12FNO/c1-12-13-8-2-3-9-4-6-10(11)7-5-9/h2-7,12H,8H2,1H3/b3-2+. The van der Waals surface area contributed by atoms with Crippen LogP contribution in [-0.4, -0.2) is 13.7 Å². The van der Waals surface area contributed by atoms with Gasteiger partial charge in [-0.3, -0.25) is 4.84 Å². The van der Waals surface area contributed by atoms with E-state index < -0.39 is 0 Å². The number of halogens is 1. The Kier molecular flexibility index (Phi) is 4.15. The summed E-state index contributed by atoms with van der Waals surface area (Å²) in [6.45, 7) is 0.494. The lowest BCUT2D eigenvalue weighted by Gasteiger charge is -1.95. The lowest BCUT2D eigenvalue weighted by Crippen LogP contribution is -2.06. The highest BCUT2D eigenvalue weighted by molar-refractivity contribution is 5.48. The number of rotatable bonds is 4. The third-order valence-electron chi connectivity index (χ3n) is 1.50. The molecule has 1 aromatic rings. The van der Waals surface area contributed by atoms with E-state index in [2.05, 4.69) is 5.48 Å². The molecule has 0 heterocycles. The van der Waals surface area contributed by atoms with Crippen molar-refractivity contribution in [3.05, 3.63) is 41.7 Å². The van der Waals surface area contributed by atoms with Gasteiger partial charge in [-0.15, -0.1) is 0 Å². The average molecular weight is 181 g/mol. The Bertz CT molecular complexity index is 269. The van der Waals surface area contributed by atoms with Gasteiger partial charge in [0.1, 0.15) is 5.82 Å². The summed E-state index contributed by atoms with van der Waals surface area (Å²) in [5, 5.41) is 0. The Morgan fingerprint density at radius 3 is 2.69 bits per heavy atom. The highest BCUT2D eigenvalue weighted by Crippen LogP contribution is 2.04. The molecular formula is C10H12FNO. The molecule has 0 spiro atoms. The van der Waals surface area contributed by atoms with Crippen molar-refractivity contribution in [3.63, 3.8) is 0 Å². The van der Waals surface area contributed by atoms with E-state index in [-0.39, 0.29) is 5.82 Å². The van der Waals surface area contributed by atoms with E-state index in [4.69, 9.17) is 4.84 Å². The largest absolute Gasteiger partial charge is 0.298 e. The topological polar surface area (TPSA) is 21.3 Å². The zero-order valence-electron chi connectivity index (χ0n) is 7.46. The van der Waals surface area contributed by atoms with E-state index in [1.54, 1.807) is 19.2 Å². The highest BCUT2D eigenvalue weighted by Gasteiger charge is 1.87. The van der Waals surface area contributed by atoms with E-state index in [9.17, 15) is 4.39 Å². The van der Waals surface area contributed by atoms with Gasteiger partial charge in [0.05, 0.1) is 6.61 Å². The molecule has 3 heteroatoms. The van der Waals surface area contributed by atoms with Gasteiger partial charge in [-0.25, -0.2) is 9.87 Å². The highest BCUT2D eigenvalue weighted by atomic mass is 19.1. The van der Waals surface area contributed by atoms with Gasteiger partial charge in [-0.2, -0.15) is 0 Å². The fraction of sp³-hybridized carbons (Fsp3) is 0.200. The quantitative estimate of drug-likeness (QED) is 0.566. The molecule has 1 aromatic carbocycles. The molecule has 0 fully saturated rings. The van der Waals surface area contributed by atoms with Crippen LogP contribution in [0.5, 0.6) is 0 Å². The molecule has 70 valence electrons. The van der Waals surface area contributed by atoms with Crippen LogP contribution < -0.4 is 5.48 Å².